The summed E-state index contributed by atoms with van der Waals surface area (Å²) in [6, 6.07) is 18.8. The number of unbranched alkanes of at least 4 members (excludes halogenated alkanes) is 6. The van der Waals surface area contributed by atoms with Gasteiger partial charge >= 0.3 is 37.7 Å². The van der Waals surface area contributed by atoms with Crippen molar-refractivity contribution in [3.63, 3.8) is 0 Å². The van der Waals surface area contributed by atoms with Crippen molar-refractivity contribution < 1.29 is 19.8 Å². The van der Waals surface area contributed by atoms with E-state index in [4.69, 9.17) is 0 Å². The van der Waals surface area contributed by atoms with E-state index in [1.54, 1.807) is 13.8 Å². The Morgan fingerprint density at radius 2 is 0.914 bits per heavy atom. The zero-order valence-corrected chi connectivity index (χ0v) is 24.4. The van der Waals surface area contributed by atoms with Gasteiger partial charge in [-0.25, -0.2) is 0 Å². The molecule has 0 radical (unpaired) electrons. The molecule has 0 heterocycles. The molecule has 2 atom stereocenters. The van der Waals surface area contributed by atoms with Gasteiger partial charge < -0.3 is 19.8 Å². The number of carboxylic acid groups (broad SMARTS) is 2. The molecule has 0 aliphatic heterocycles. The molecule has 35 heavy (non-hydrogen) atoms. The molecule has 4 nitrogen and oxygen atoms in total. The van der Waals surface area contributed by atoms with Crippen molar-refractivity contribution in [2.75, 3.05) is 0 Å². The molecule has 188 valence electrons. The third-order valence-corrected chi connectivity index (χ3v) is 6.78. The van der Waals surface area contributed by atoms with E-state index in [0.717, 1.165) is 62.5 Å². The van der Waals surface area contributed by atoms with Crippen LogP contribution < -0.4 is 10.2 Å². The van der Waals surface area contributed by atoms with E-state index in [1.165, 1.54) is 0 Å². The van der Waals surface area contributed by atoms with E-state index < -0.39 is 22.8 Å². The van der Waals surface area contributed by atoms with Crippen LogP contribution in [0.1, 0.15) is 103 Å². The average Bonchev–Trinajstić information content (AvgIpc) is 2.85. The summed E-state index contributed by atoms with van der Waals surface area (Å²) in [6.07, 6.45) is 10.0. The van der Waals surface area contributed by atoms with Gasteiger partial charge in [-0.3, -0.25) is 0 Å². The summed E-state index contributed by atoms with van der Waals surface area (Å²) in [5.41, 5.74) is -0.0164. The first-order valence-electron chi connectivity index (χ1n) is 12.8. The monoisotopic (exact) mass is 506 g/mol. The number of aliphatic carboxylic acids is 2. The Morgan fingerprint density at radius 1 is 0.600 bits per heavy atom. The smallest absolute Gasteiger partial charge is 0.549 e. The van der Waals surface area contributed by atoms with Gasteiger partial charge in [0.15, 0.2) is 0 Å². The molecule has 2 unspecified atom stereocenters. The normalized spacial score (nSPS) is 13.8. The molecule has 0 amide bonds. The van der Waals surface area contributed by atoms with Crippen molar-refractivity contribution in [2.45, 2.75) is 103 Å². The fourth-order valence-electron chi connectivity index (χ4n) is 4.15. The molecule has 0 fully saturated rings. The molecule has 0 aromatic heterocycles. The minimum Gasteiger partial charge on any atom is -0.549 e. The van der Waals surface area contributed by atoms with Crippen molar-refractivity contribution >= 4 is 49.7 Å². The van der Waals surface area contributed by atoms with Crippen LogP contribution in [0.4, 0.5) is 0 Å². The van der Waals surface area contributed by atoms with Crippen LogP contribution in [-0.2, 0) is 20.4 Å². The number of rotatable bonds is 14. The fraction of sp³-hybridized carbons (Fsp3) is 0.533. The summed E-state index contributed by atoms with van der Waals surface area (Å²) in [5.74, 6) is -1.94. The van der Waals surface area contributed by atoms with Crippen molar-refractivity contribution in [3.05, 3.63) is 71.8 Å². The molecule has 0 aliphatic carbocycles. The van der Waals surface area contributed by atoms with Gasteiger partial charge in [-0.2, -0.15) is 0 Å². The maximum atomic E-state index is 11.4. The second kappa shape index (κ2) is 18.0. The third-order valence-electron chi connectivity index (χ3n) is 6.78. The van der Waals surface area contributed by atoms with Crippen LogP contribution in [0.5, 0.6) is 0 Å². The molecule has 0 bridgehead atoms. The topological polar surface area (TPSA) is 80.3 Å². The second-order valence-electron chi connectivity index (χ2n) is 9.59. The Balaban J connectivity index is 0.000000642. The van der Waals surface area contributed by atoms with Gasteiger partial charge in [-0.05, 0) is 24.0 Å². The number of hydrogen-bond donors (Lipinski definition) is 0. The predicted octanol–water partition coefficient (Wildman–Crippen LogP) is 4.95. The van der Waals surface area contributed by atoms with Gasteiger partial charge in [0, 0.05) is 10.8 Å². The predicted molar refractivity (Wildman–Crippen MR) is 141 cm³/mol. The van der Waals surface area contributed by atoms with Crippen molar-refractivity contribution in [2.24, 2.45) is 0 Å². The molecule has 0 spiro atoms. The van der Waals surface area contributed by atoms with Crippen LogP contribution in [0.15, 0.2) is 60.7 Å². The van der Waals surface area contributed by atoms with Gasteiger partial charge in [-0.1, -0.05) is 140 Å². The Bertz CT molecular complexity index is 768. The van der Waals surface area contributed by atoms with Gasteiger partial charge in [-0.15, -0.1) is 0 Å². The maximum absolute atomic E-state index is 11.4. The molecule has 0 N–H and O–H groups in total. The fourth-order valence-corrected chi connectivity index (χ4v) is 4.15. The minimum atomic E-state index is -0.972. The Morgan fingerprint density at radius 3 is 1.17 bits per heavy atom. The van der Waals surface area contributed by atoms with Crippen LogP contribution in [0.25, 0.3) is 0 Å². The molecule has 2 aromatic carbocycles. The van der Waals surface area contributed by atoms with Crippen LogP contribution in [0.2, 0.25) is 0 Å². The number of carboxylic acids is 2. The second-order valence-corrected chi connectivity index (χ2v) is 9.59. The van der Waals surface area contributed by atoms with Gasteiger partial charge in [0.05, 0.1) is 11.9 Å². The first-order chi connectivity index (χ1) is 16.2. The third kappa shape index (κ3) is 11.1. The molecule has 2 rings (SSSR count). The average molecular weight is 507 g/mol. The summed E-state index contributed by atoms with van der Waals surface area (Å²) in [5, 5.41) is 22.7. The van der Waals surface area contributed by atoms with Crippen LogP contribution >= 0.6 is 0 Å². The van der Waals surface area contributed by atoms with Gasteiger partial charge in [0.2, 0.25) is 0 Å². The van der Waals surface area contributed by atoms with E-state index in [1.807, 2.05) is 60.7 Å². The minimum absolute atomic E-state index is 0. The van der Waals surface area contributed by atoms with E-state index in [-0.39, 0.29) is 37.7 Å². The molecule has 0 saturated carbocycles. The summed E-state index contributed by atoms with van der Waals surface area (Å²) in [4.78, 5) is 22.7. The number of hydrogen-bond acceptors (Lipinski definition) is 4. The molecule has 0 aliphatic rings. The number of benzene rings is 2. The Labute approximate surface area is 242 Å². The van der Waals surface area contributed by atoms with Crippen molar-refractivity contribution in [1.82, 2.24) is 0 Å². The zero-order chi connectivity index (χ0) is 25.5. The van der Waals surface area contributed by atoms with E-state index in [0.29, 0.717) is 12.8 Å². The molecule has 5 heteroatoms. The van der Waals surface area contributed by atoms with Crippen LogP contribution in [-0.4, -0.2) is 49.7 Å². The Hall–Kier alpha value is -1.36. The summed E-state index contributed by atoms with van der Waals surface area (Å²) < 4.78 is 0. The van der Waals surface area contributed by atoms with E-state index >= 15 is 0 Å². The molecule has 0 saturated heterocycles. The van der Waals surface area contributed by atoms with E-state index in [2.05, 4.69) is 13.8 Å². The van der Waals surface area contributed by atoms with E-state index in [9.17, 15) is 19.8 Å². The van der Waals surface area contributed by atoms with Crippen LogP contribution in [0, 0.1) is 0 Å². The van der Waals surface area contributed by atoms with Gasteiger partial charge in [0.1, 0.15) is 0 Å². The summed E-state index contributed by atoms with van der Waals surface area (Å²) in [7, 11) is 0. The number of carbonyl (C=O) groups excluding carboxylic acids is 2. The first kappa shape index (κ1) is 33.6. The largest absolute Gasteiger partial charge is 2.00 e. The summed E-state index contributed by atoms with van der Waals surface area (Å²) in [6.45, 7) is 7.83. The maximum Gasteiger partial charge on any atom is 2.00 e. The molecule has 2 aromatic rings. The quantitative estimate of drug-likeness (QED) is 0.268. The van der Waals surface area contributed by atoms with Crippen molar-refractivity contribution in [3.8, 4) is 0 Å². The first-order valence-corrected chi connectivity index (χ1v) is 12.8. The number of carbonyl (C=O) groups is 2. The Kier molecular flexibility index (Phi) is 17.3. The zero-order valence-electron chi connectivity index (χ0n) is 22.2. The van der Waals surface area contributed by atoms with Crippen molar-refractivity contribution in [1.29, 1.82) is 0 Å². The van der Waals surface area contributed by atoms with Gasteiger partial charge in [0.25, 0.3) is 0 Å². The van der Waals surface area contributed by atoms with Crippen LogP contribution in [0.3, 0.4) is 0 Å². The SMILES string of the molecule is CCCCCCC(C)(C(=O)[O-])c1ccccc1.CCCCCCC(C)(C(=O)[O-])c1ccccc1.[Ca+2]. The standard InChI is InChI=1S/2C15H22O2.Ca/c2*1-3-4-5-9-12-15(2,14(16)17)13-10-7-6-8-11-13;/h2*6-8,10-11H,3-5,9,12H2,1-2H3,(H,16,17);/q;;+2/p-2. The molecular formula is C30H42CaO4. The summed E-state index contributed by atoms with van der Waals surface area (Å²) >= 11 is 0. The molecular weight excluding hydrogens is 464 g/mol.